The maximum absolute atomic E-state index is 10.4. The van der Waals surface area contributed by atoms with Crippen molar-refractivity contribution < 1.29 is 9.84 Å². The van der Waals surface area contributed by atoms with Gasteiger partial charge in [-0.1, -0.05) is 19.1 Å². The first-order valence-corrected chi connectivity index (χ1v) is 8.01. The van der Waals surface area contributed by atoms with Gasteiger partial charge in [0.1, 0.15) is 0 Å². The molecule has 1 aliphatic rings. The molecular formula is C18H26N2O2. The van der Waals surface area contributed by atoms with Gasteiger partial charge < -0.3 is 9.84 Å². The van der Waals surface area contributed by atoms with Crippen molar-refractivity contribution in [3.8, 4) is 6.07 Å². The van der Waals surface area contributed by atoms with Crippen molar-refractivity contribution in [1.29, 1.82) is 5.26 Å². The highest BCUT2D eigenvalue weighted by molar-refractivity contribution is 5.33. The second-order valence-corrected chi connectivity index (χ2v) is 6.59. The van der Waals surface area contributed by atoms with E-state index in [9.17, 15) is 5.11 Å². The number of likely N-dealkylation sites (tertiary alicyclic amines) is 1. The minimum Gasteiger partial charge on any atom is -0.387 e. The van der Waals surface area contributed by atoms with Crippen LogP contribution in [0.3, 0.4) is 0 Å². The van der Waals surface area contributed by atoms with Crippen molar-refractivity contribution in [3.63, 3.8) is 0 Å². The molecule has 0 aliphatic carbocycles. The molecule has 1 aromatic rings. The average Bonchev–Trinajstić information content (AvgIpc) is 2.84. The maximum Gasteiger partial charge on any atom is 0.0991 e. The molecule has 22 heavy (non-hydrogen) atoms. The highest BCUT2D eigenvalue weighted by Gasteiger charge is 2.31. The van der Waals surface area contributed by atoms with Gasteiger partial charge in [-0.05, 0) is 43.4 Å². The van der Waals surface area contributed by atoms with Crippen LogP contribution < -0.4 is 0 Å². The van der Waals surface area contributed by atoms with Gasteiger partial charge in [0.2, 0.25) is 0 Å². The Morgan fingerprint density at radius 3 is 2.86 bits per heavy atom. The van der Waals surface area contributed by atoms with Crippen LogP contribution in [0.1, 0.15) is 38.0 Å². The molecule has 2 rings (SSSR count). The molecule has 3 atom stereocenters. The molecule has 0 saturated carbocycles. The normalized spacial score (nSPS) is 23.6. The molecule has 1 aliphatic heterocycles. The van der Waals surface area contributed by atoms with E-state index < -0.39 is 6.10 Å². The lowest BCUT2D eigenvalue weighted by Crippen LogP contribution is -2.27. The standard InChI is InChI=1S/C18H26N2O2/c1-13(2)22-12-17-10-20(9-14(17)3)11-18(21)16-6-4-5-15(7-16)8-19/h4-7,13-14,17-18,21H,9-12H2,1-3H3. The molecule has 3 unspecified atom stereocenters. The summed E-state index contributed by atoms with van der Waals surface area (Å²) in [5, 5.41) is 19.4. The van der Waals surface area contributed by atoms with Crippen LogP contribution in [0, 0.1) is 23.2 Å². The fraction of sp³-hybridized carbons (Fsp3) is 0.611. The third-order valence-electron chi connectivity index (χ3n) is 4.32. The zero-order valence-corrected chi connectivity index (χ0v) is 13.7. The van der Waals surface area contributed by atoms with E-state index >= 15 is 0 Å². The highest BCUT2D eigenvalue weighted by atomic mass is 16.5. The predicted octanol–water partition coefficient (Wildman–Crippen LogP) is 2.58. The third kappa shape index (κ3) is 4.54. The molecule has 4 nitrogen and oxygen atoms in total. The zero-order valence-electron chi connectivity index (χ0n) is 13.7. The van der Waals surface area contributed by atoms with E-state index in [1.165, 1.54) is 0 Å². The van der Waals surface area contributed by atoms with E-state index in [1.54, 1.807) is 12.1 Å². The van der Waals surface area contributed by atoms with Crippen LogP contribution in [0.4, 0.5) is 0 Å². The number of ether oxygens (including phenoxy) is 1. The Hall–Kier alpha value is -1.41. The second-order valence-electron chi connectivity index (χ2n) is 6.59. The first kappa shape index (κ1) is 17.0. The first-order valence-electron chi connectivity index (χ1n) is 8.01. The Morgan fingerprint density at radius 1 is 1.41 bits per heavy atom. The van der Waals surface area contributed by atoms with Crippen molar-refractivity contribution in [2.75, 3.05) is 26.2 Å². The van der Waals surface area contributed by atoms with Crippen LogP contribution in [-0.4, -0.2) is 42.4 Å². The molecule has 1 heterocycles. The Labute approximate surface area is 133 Å². The number of aliphatic hydroxyl groups excluding tert-OH is 1. The van der Waals surface area contributed by atoms with Gasteiger partial charge in [-0.25, -0.2) is 0 Å². The number of hydrogen-bond donors (Lipinski definition) is 1. The van der Waals surface area contributed by atoms with Crippen LogP contribution in [0.25, 0.3) is 0 Å². The number of rotatable bonds is 6. The topological polar surface area (TPSA) is 56.5 Å². The van der Waals surface area contributed by atoms with Crippen LogP contribution >= 0.6 is 0 Å². The summed E-state index contributed by atoms with van der Waals surface area (Å²) < 4.78 is 5.74. The summed E-state index contributed by atoms with van der Waals surface area (Å²) in [4.78, 5) is 2.29. The van der Waals surface area contributed by atoms with Crippen molar-refractivity contribution >= 4 is 0 Å². The van der Waals surface area contributed by atoms with Gasteiger partial charge >= 0.3 is 0 Å². The molecule has 1 N–H and O–H groups in total. The van der Waals surface area contributed by atoms with Crippen LogP contribution in [-0.2, 0) is 4.74 Å². The molecule has 0 radical (unpaired) electrons. The van der Waals surface area contributed by atoms with Crippen molar-refractivity contribution in [2.45, 2.75) is 33.0 Å². The summed E-state index contributed by atoms with van der Waals surface area (Å²) in [7, 11) is 0. The summed E-state index contributed by atoms with van der Waals surface area (Å²) >= 11 is 0. The molecule has 0 amide bonds. The second kappa shape index (κ2) is 7.73. The van der Waals surface area contributed by atoms with Gasteiger partial charge in [-0.3, -0.25) is 4.90 Å². The average molecular weight is 302 g/mol. The van der Waals surface area contributed by atoms with Gasteiger partial charge in [-0.15, -0.1) is 0 Å². The van der Waals surface area contributed by atoms with E-state index in [0.29, 0.717) is 23.9 Å². The monoisotopic (exact) mass is 302 g/mol. The van der Waals surface area contributed by atoms with Gasteiger partial charge in [0.25, 0.3) is 0 Å². The molecule has 0 spiro atoms. The zero-order chi connectivity index (χ0) is 16.1. The summed E-state index contributed by atoms with van der Waals surface area (Å²) in [6.45, 7) is 9.71. The number of nitriles is 1. The number of benzene rings is 1. The number of nitrogens with zero attached hydrogens (tertiary/aromatic N) is 2. The minimum atomic E-state index is -0.551. The summed E-state index contributed by atoms with van der Waals surface area (Å²) in [6, 6.07) is 9.34. The van der Waals surface area contributed by atoms with E-state index in [2.05, 4.69) is 31.7 Å². The van der Waals surface area contributed by atoms with E-state index in [-0.39, 0.29) is 6.10 Å². The van der Waals surface area contributed by atoms with Gasteiger partial charge in [0.05, 0.1) is 30.4 Å². The molecule has 1 aromatic carbocycles. The van der Waals surface area contributed by atoms with Crippen molar-refractivity contribution in [2.24, 2.45) is 11.8 Å². The smallest absolute Gasteiger partial charge is 0.0991 e. The predicted molar refractivity (Wildman–Crippen MR) is 86.3 cm³/mol. The quantitative estimate of drug-likeness (QED) is 0.877. The fourth-order valence-corrected chi connectivity index (χ4v) is 2.99. The molecule has 0 aromatic heterocycles. The molecule has 0 bridgehead atoms. The molecular weight excluding hydrogens is 276 g/mol. The lowest BCUT2D eigenvalue weighted by atomic mass is 9.99. The van der Waals surface area contributed by atoms with Crippen LogP contribution in [0.2, 0.25) is 0 Å². The molecule has 4 heteroatoms. The van der Waals surface area contributed by atoms with Crippen LogP contribution in [0.5, 0.6) is 0 Å². The van der Waals surface area contributed by atoms with E-state index in [1.807, 2.05) is 12.1 Å². The summed E-state index contributed by atoms with van der Waals surface area (Å²) in [5.41, 5.74) is 1.41. The summed E-state index contributed by atoms with van der Waals surface area (Å²) in [5.74, 6) is 1.11. The van der Waals surface area contributed by atoms with E-state index in [4.69, 9.17) is 10.00 Å². The Morgan fingerprint density at radius 2 is 2.18 bits per heavy atom. The largest absolute Gasteiger partial charge is 0.387 e. The molecule has 1 fully saturated rings. The summed E-state index contributed by atoms with van der Waals surface area (Å²) in [6.07, 6.45) is -0.286. The fourth-order valence-electron chi connectivity index (χ4n) is 2.99. The minimum absolute atomic E-state index is 0.264. The lowest BCUT2D eigenvalue weighted by molar-refractivity contribution is 0.0441. The first-order chi connectivity index (χ1) is 10.5. The Balaban J connectivity index is 1.89. The van der Waals surface area contributed by atoms with Gasteiger partial charge in [0.15, 0.2) is 0 Å². The number of hydrogen-bond acceptors (Lipinski definition) is 4. The Kier molecular flexibility index (Phi) is 5.96. The Bertz CT molecular complexity index is 524. The lowest BCUT2D eigenvalue weighted by Gasteiger charge is -2.20. The number of aliphatic hydroxyl groups is 1. The van der Waals surface area contributed by atoms with Crippen molar-refractivity contribution in [1.82, 2.24) is 4.90 Å². The SMILES string of the molecule is CC(C)OCC1CN(CC(O)c2cccc(C#N)c2)CC1C. The number of β-amino-alcohol motifs (C(OH)–C–C–N with tert-alkyl or cyclic N) is 1. The van der Waals surface area contributed by atoms with E-state index in [0.717, 1.165) is 25.3 Å². The molecule has 1 saturated heterocycles. The maximum atomic E-state index is 10.4. The highest BCUT2D eigenvalue weighted by Crippen LogP contribution is 2.26. The third-order valence-corrected chi connectivity index (χ3v) is 4.32. The molecule has 120 valence electrons. The van der Waals surface area contributed by atoms with Gasteiger partial charge in [0, 0.05) is 19.6 Å². The van der Waals surface area contributed by atoms with Gasteiger partial charge in [-0.2, -0.15) is 5.26 Å². The van der Waals surface area contributed by atoms with Crippen molar-refractivity contribution in [3.05, 3.63) is 35.4 Å². The van der Waals surface area contributed by atoms with Crippen LogP contribution in [0.15, 0.2) is 24.3 Å².